The Bertz CT molecular complexity index is 601. The van der Waals surface area contributed by atoms with Crippen LogP contribution in [-0.2, 0) is 10.7 Å². The Hall–Kier alpha value is -1.62. The van der Waals surface area contributed by atoms with Gasteiger partial charge in [0.2, 0.25) is 0 Å². The van der Waals surface area contributed by atoms with Crippen LogP contribution in [0.4, 0.5) is 8.87 Å². The summed E-state index contributed by atoms with van der Waals surface area (Å²) in [7, 11) is 0. The molecule has 1 aliphatic heterocycles. The van der Waals surface area contributed by atoms with Crippen molar-refractivity contribution < 1.29 is 28.9 Å². The second kappa shape index (κ2) is 4.49. The van der Waals surface area contributed by atoms with Crippen LogP contribution in [0, 0.1) is 0 Å². The van der Waals surface area contributed by atoms with E-state index in [2.05, 4.69) is 4.74 Å². The van der Waals surface area contributed by atoms with Gasteiger partial charge in [-0.2, -0.15) is 8.96 Å². The van der Waals surface area contributed by atoms with Gasteiger partial charge >= 0.3 is 11.7 Å². The third-order valence-electron chi connectivity index (χ3n) is 2.81. The average Bonchev–Trinajstić information content (AvgIpc) is 2.59. The van der Waals surface area contributed by atoms with Crippen molar-refractivity contribution in [1.29, 1.82) is 0 Å². The molecule has 0 bridgehead atoms. The summed E-state index contributed by atoms with van der Waals surface area (Å²) in [6.45, 7) is -0.866. The molecule has 1 aromatic rings. The summed E-state index contributed by atoms with van der Waals surface area (Å²) in [6.07, 6.45) is -5.31. The zero-order valence-corrected chi connectivity index (χ0v) is 9.31. The van der Waals surface area contributed by atoms with Gasteiger partial charge in [-0.05, 0) is 0 Å². The summed E-state index contributed by atoms with van der Waals surface area (Å²) in [6, 6.07) is 0.539. The summed E-state index contributed by atoms with van der Waals surface area (Å²) >= 11 is 0. The number of aliphatic hydroxyl groups is 3. The number of aliphatic hydroxyl groups excluding tert-OH is 3. The van der Waals surface area contributed by atoms with Gasteiger partial charge in [0.1, 0.15) is 12.2 Å². The van der Waals surface area contributed by atoms with Crippen molar-refractivity contribution in [2.75, 3.05) is 6.61 Å². The maximum absolute atomic E-state index is 14.5. The molecule has 1 fully saturated rings. The molecule has 2 rings (SSSR count). The Morgan fingerprint density at radius 2 is 2.05 bits per heavy atom. The fraction of sp³-hybridized carbons (Fsp3) is 0.556. The van der Waals surface area contributed by atoms with Gasteiger partial charge in [0.25, 0.3) is 5.56 Å². The molecule has 1 aromatic heterocycles. The Balaban J connectivity index is 2.62. The van der Waals surface area contributed by atoms with E-state index in [1.165, 1.54) is 0 Å². The third-order valence-corrected chi connectivity index (χ3v) is 2.81. The number of alkyl halides is 1. The molecule has 0 saturated carbocycles. The number of rotatable bonds is 2. The van der Waals surface area contributed by atoms with E-state index < -0.39 is 46.9 Å². The lowest BCUT2D eigenvalue weighted by Gasteiger charge is -2.24. The molecule has 0 unspecified atom stereocenters. The Labute approximate surface area is 103 Å². The summed E-state index contributed by atoms with van der Waals surface area (Å²) in [5.74, 6) is -3.46. The normalized spacial score (nSPS) is 34.7. The van der Waals surface area contributed by atoms with E-state index in [-0.39, 0.29) is 4.57 Å². The predicted molar refractivity (Wildman–Crippen MR) is 54.5 cm³/mol. The molecule has 4 atom stereocenters. The number of halogens is 2. The molecule has 0 aliphatic carbocycles. The molecule has 8 nitrogen and oxygen atoms in total. The van der Waals surface area contributed by atoms with E-state index in [4.69, 9.17) is 5.11 Å². The first-order chi connectivity index (χ1) is 8.82. The fourth-order valence-electron chi connectivity index (χ4n) is 1.83. The molecule has 0 spiro atoms. The minimum absolute atomic E-state index is 0.309. The van der Waals surface area contributed by atoms with Crippen molar-refractivity contribution in [2.45, 2.75) is 24.3 Å². The predicted octanol–water partition coefficient (Wildman–Crippen LogP) is -2.56. The van der Waals surface area contributed by atoms with Crippen molar-refractivity contribution in [1.82, 2.24) is 9.36 Å². The highest BCUT2D eigenvalue weighted by Crippen LogP contribution is 2.35. The van der Waals surface area contributed by atoms with Crippen molar-refractivity contribution in [3.05, 3.63) is 33.1 Å². The smallest absolute Gasteiger partial charge is 0.363 e. The largest absolute Gasteiger partial charge is 0.394 e. The second-order valence-corrected chi connectivity index (χ2v) is 3.97. The number of aromatic nitrogens is 2. The maximum Gasteiger partial charge on any atom is 0.363 e. The maximum atomic E-state index is 14.5. The second-order valence-electron chi connectivity index (χ2n) is 3.97. The molecule has 3 N–H and O–H groups in total. The minimum Gasteiger partial charge on any atom is -0.394 e. The van der Waals surface area contributed by atoms with Crippen LogP contribution in [0.3, 0.4) is 0 Å². The summed E-state index contributed by atoms with van der Waals surface area (Å²) in [4.78, 5) is 22.3. The van der Waals surface area contributed by atoms with Crippen LogP contribution >= 0.6 is 0 Å². The lowest BCUT2D eigenvalue weighted by atomic mass is 10.1. The van der Waals surface area contributed by atoms with Gasteiger partial charge in [-0.25, -0.2) is 4.79 Å². The quantitative estimate of drug-likeness (QED) is 0.549. The number of nitrogens with zero attached hydrogens (tertiary/aromatic N) is 2. The van der Waals surface area contributed by atoms with E-state index in [9.17, 15) is 28.7 Å². The van der Waals surface area contributed by atoms with Crippen molar-refractivity contribution in [3.63, 3.8) is 0 Å². The van der Waals surface area contributed by atoms with Gasteiger partial charge in [0.05, 0.1) is 6.61 Å². The molecule has 10 heteroatoms. The van der Waals surface area contributed by atoms with Gasteiger partial charge in [-0.1, -0.05) is 4.48 Å². The lowest BCUT2D eigenvalue weighted by Crippen LogP contribution is -2.53. The van der Waals surface area contributed by atoms with Crippen LogP contribution in [0.1, 0.15) is 0 Å². The number of hydrogen-bond acceptors (Lipinski definition) is 6. The van der Waals surface area contributed by atoms with Crippen molar-refractivity contribution >= 4 is 0 Å². The summed E-state index contributed by atoms with van der Waals surface area (Å²) in [5.41, 5.74) is -2.99. The van der Waals surface area contributed by atoms with Crippen LogP contribution in [0.2, 0.25) is 0 Å². The average molecular weight is 280 g/mol. The van der Waals surface area contributed by atoms with Crippen LogP contribution in [0.15, 0.2) is 21.9 Å². The highest BCUT2D eigenvalue weighted by Gasteiger charge is 2.58. The molecule has 1 aliphatic rings. The molecule has 106 valence electrons. The van der Waals surface area contributed by atoms with Crippen LogP contribution in [0.5, 0.6) is 0 Å². The van der Waals surface area contributed by atoms with E-state index in [1.54, 1.807) is 0 Å². The molecule has 0 amide bonds. The van der Waals surface area contributed by atoms with Gasteiger partial charge in [-0.3, -0.25) is 4.79 Å². The summed E-state index contributed by atoms with van der Waals surface area (Å²) in [5, 5.41) is 27.8. The zero-order chi connectivity index (χ0) is 14.4. The van der Waals surface area contributed by atoms with E-state index in [0.29, 0.717) is 12.3 Å². The molecule has 19 heavy (non-hydrogen) atoms. The first kappa shape index (κ1) is 13.8. The Morgan fingerprint density at radius 1 is 1.42 bits per heavy atom. The van der Waals surface area contributed by atoms with Gasteiger partial charge in [0, 0.05) is 12.3 Å². The molecule has 1 saturated heterocycles. The molecular weight excluding hydrogens is 270 g/mol. The third kappa shape index (κ3) is 1.89. The SMILES string of the molecule is O=c1ccn(F)c(=O)n1[C@]1(F)O[C@H](CO)[C@@H](O)[C@H]1O. The van der Waals surface area contributed by atoms with E-state index in [1.807, 2.05) is 0 Å². The van der Waals surface area contributed by atoms with Crippen LogP contribution < -0.4 is 11.2 Å². The standard InChI is InChI=1S/C9H10F2N2O6/c10-9(7(17)6(16)4(3-14)19-9)13-5(15)1-2-12(11)8(13)18/h1-2,4,6-7,14,16-17H,3H2/t4-,6-,7-,9+/m1/s1. The molecule has 0 radical (unpaired) electrons. The van der Waals surface area contributed by atoms with Crippen molar-refractivity contribution in [2.24, 2.45) is 0 Å². The number of hydrogen-bond donors (Lipinski definition) is 3. The highest BCUT2D eigenvalue weighted by atomic mass is 19.2. The monoisotopic (exact) mass is 280 g/mol. The topological polar surface area (TPSA) is 114 Å². The lowest BCUT2D eigenvalue weighted by molar-refractivity contribution is -0.242. The summed E-state index contributed by atoms with van der Waals surface area (Å²) < 4.78 is 31.7. The minimum atomic E-state index is -3.46. The Morgan fingerprint density at radius 3 is 2.58 bits per heavy atom. The first-order valence-corrected chi connectivity index (χ1v) is 5.18. The van der Waals surface area contributed by atoms with Gasteiger partial charge in [-0.15, -0.1) is 4.79 Å². The highest BCUT2D eigenvalue weighted by molar-refractivity contribution is 4.97. The van der Waals surface area contributed by atoms with E-state index in [0.717, 1.165) is 0 Å². The molecule has 2 heterocycles. The fourth-order valence-corrected chi connectivity index (χ4v) is 1.83. The first-order valence-electron chi connectivity index (χ1n) is 5.18. The van der Waals surface area contributed by atoms with Crippen molar-refractivity contribution in [3.8, 4) is 0 Å². The Kier molecular flexibility index (Phi) is 3.26. The van der Waals surface area contributed by atoms with Crippen LogP contribution in [0.25, 0.3) is 0 Å². The van der Waals surface area contributed by atoms with E-state index >= 15 is 0 Å². The number of ether oxygens (including phenoxy) is 1. The van der Waals surface area contributed by atoms with Gasteiger partial charge in [0.15, 0.2) is 6.10 Å². The zero-order valence-electron chi connectivity index (χ0n) is 9.31. The van der Waals surface area contributed by atoms with Gasteiger partial charge < -0.3 is 20.1 Å². The molecular formula is C9H10F2N2O6. The molecule has 0 aromatic carbocycles. The van der Waals surface area contributed by atoms with Crippen LogP contribution in [-0.4, -0.2) is 49.6 Å².